The van der Waals surface area contributed by atoms with Crippen LogP contribution >= 0.6 is 22.6 Å². The van der Waals surface area contributed by atoms with Crippen molar-refractivity contribution in [3.05, 3.63) is 118 Å². The van der Waals surface area contributed by atoms with E-state index in [2.05, 4.69) is 26.2 Å². The molecule has 224 valence electrons. The Balaban J connectivity index is 1.56. The number of benzene rings is 3. The number of aliphatic hydroxyl groups excluding tert-OH is 1. The molecule has 0 radical (unpaired) electrons. The summed E-state index contributed by atoms with van der Waals surface area (Å²) in [6.07, 6.45) is 3.04. The maximum Gasteiger partial charge on any atom is 0.280 e. The maximum absolute atomic E-state index is 15.5. The van der Waals surface area contributed by atoms with Gasteiger partial charge in [-0.05, 0) is 28.8 Å². The number of imidazole rings is 1. The lowest BCUT2D eigenvalue weighted by atomic mass is 9.77. The van der Waals surface area contributed by atoms with E-state index in [1.807, 2.05) is 84.9 Å². The molecule has 2 aromatic heterocycles. The van der Waals surface area contributed by atoms with Crippen LogP contribution < -0.4 is 15.6 Å². The molecule has 4 atom stereocenters. The summed E-state index contributed by atoms with van der Waals surface area (Å²) in [5, 5.41) is 25.3. The molecule has 3 aromatic carbocycles. The summed E-state index contributed by atoms with van der Waals surface area (Å²) in [7, 11) is 1.59. The van der Waals surface area contributed by atoms with Gasteiger partial charge in [0.1, 0.15) is 11.3 Å². The van der Waals surface area contributed by atoms with Gasteiger partial charge in [0.2, 0.25) is 17.4 Å². The van der Waals surface area contributed by atoms with Gasteiger partial charge in [-0.3, -0.25) is 14.3 Å². The summed E-state index contributed by atoms with van der Waals surface area (Å²) in [6, 6.07) is 26.8. The Bertz CT molecular complexity index is 1860. The van der Waals surface area contributed by atoms with Gasteiger partial charge in [0.15, 0.2) is 23.5 Å². The Morgan fingerprint density at radius 1 is 1.11 bits per heavy atom. The Kier molecular flexibility index (Phi) is 7.66. The van der Waals surface area contributed by atoms with Crippen LogP contribution in [0.3, 0.4) is 0 Å². The van der Waals surface area contributed by atoms with Crippen LogP contribution in [0.1, 0.15) is 22.9 Å². The lowest BCUT2D eigenvalue weighted by Crippen LogP contribution is -2.49. The molecule has 44 heavy (non-hydrogen) atoms. The summed E-state index contributed by atoms with van der Waals surface area (Å²) >= 11 is 1.69. The molecule has 0 spiro atoms. The predicted molar refractivity (Wildman–Crippen MR) is 170 cm³/mol. The average Bonchev–Trinajstić information content (AvgIpc) is 3.58. The molecule has 1 aliphatic heterocycles. The monoisotopic (exact) mass is 707 g/mol. The molecule has 1 saturated heterocycles. The van der Waals surface area contributed by atoms with Crippen molar-refractivity contribution in [3.8, 4) is 18.1 Å². The number of nitrogens with one attached hydrogen (secondary N) is 2. The fourth-order valence-corrected chi connectivity index (χ4v) is 6.19. The highest BCUT2D eigenvalue weighted by molar-refractivity contribution is 14.1. The van der Waals surface area contributed by atoms with Crippen molar-refractivity contribution >= 4 is 39.7 Å². The van der Waals surface area contributed by atoms with Crippen molar-refractivity contribution in [2.45, 2.75) is 29.3 Å². The number of H-pyrrole nitrogens is 1. The first-order valence-electron chi connectivity index (χ1n) is 13.5. The fourth-order valence-electron chi connectivity index (χ4n) is 5.60. The van der Waals surface area contributed by atoms with Gasteiger partial charge in [-0.25, -0.2) is 9.37 Å². The molecule has 0 amide bonds. The normalized spacial score (nSPS) is 23.4. The largest absolute Gasteiger partial charge is 0.497 e. The number of anilines is 1. The number of ether oxygens (including phenoxy) is 2. The third-order valence-corrected chi connectivity index (χ3v) is 8.89. The third kappa shape index (κ3) is 4.63. The molecule has 1 aliphatic rings. The van der Waals surface area contributed by atoms with Crippen LogP contribution in [-0.2, 0) is 10.3 Å². The number of fused-ring (bicyclic) bond motifs is 1. The van der Waals surface area contributed by atoms with Crippen molar-refractivity contribution in [1.29, 1.82) is 0 Å². The van der Waals surface area contributed by atoms with E-state index in [-0.39, 0.29) is 21.5 Å². The van der Waals surface area contributed by atoms with Crippen molar-refractivity contribution in [3.63, 3.8) is 0 Å². The molecule has 12 heteroatoms. The van der Waals surface area contributed by atoms with E-state index >= 15 is 4.39 Å². The minimum atomic E-state index is -2.66. The standard InChI is InChI=1S/C32H27FIN5O5/c1-3-30(42)27(41)31(33,18-34)44-28(30)39-19-35-24-25(39)36-29(37-26(24)40)38-32(20-10-6-4-7-11-20,21-12-8-5-9-13-21)22-14-16-23(43-2)17-15-22/h1,4-17,19,27-28,41-42H,18H2,2H3,(H2,36,37,38,40)/t27-,28+,30+,31+/m0/s1. The topological polar surface area (TPSA) is 135 Å². The Hall–Kier alpha value is -4.29. The molecule has 1 fully saturated rings. The van der Waals surface area contributed by atoms with Crippen LogP contribution in [0.5, 0.6) is 5.75 Å². The fraction of sp³-hybridized carbons (Fsp3) is 0.219. The minimum Gasteiger partial charge on any atom is -0.497 e. The molecule has 6 rings (SSSR count). The highest BCUT2D eigenvalue weighted by Gasteiger charge is 2.64. The SMILES string of the molecule is C#C[C@]1(O)[C@H](n2cnc3c(=O)[nH]c(NC(c4ccccc4)(c4ccccc4)c4ccc(OC)cc4)nc32)O[C@](F)(CI)[C@H]1O. The lowest BCUT2D eigenvalue weighted by molar-refractivity contribution is -0.167. The van der Waals surface area contributed by atoms with Crippen LogP contribution in [-0.4, -0.2) is 58.8 Å². The first-order valence-corrected chi connectivity index (χ1v) is 15.0. The Labute approximate surface area is 265 Å². The van der Waals surface area contributed by atoms with Crippen LogP contribution in [0.4, 0.5) is 10.3 Å². The highest BCUT2D eigenvalue weighted by Crippen LogP contribution is 2.47. The van der Waals surface area contributed by atoms with E-state index in [4.69, 9.17) is 15.9 Å². The van der Waals surface area contributed by atoms with Crippen LogP contribution in [0.2, 0.25) is 0 Å². The van der Waals surface area contributed by atoms with Gasteiger partial charge in [-0.2, -0.15) is 4.98 Å². The molecule has 4 N–H and O–H groups in total. The number of rotatable bonds is 8. The third-order valence-electron chi connectivity index (χ3n) is 7.85. The zero-order chi connectivity index (χ0) is 31.1. The zero-order valence-corrected chi connectivity index (χ0v) is 25.5. The molecular weight excluding hydrogens is 680 g/mol. The van der Waals surface area contributed by atoms with Gasteiger partial charge in [0, 0.05) is 0 Å². The second kappa shape index (κ2) is 11.3. The summed E-state index contributed by atoms with van der Waals surface area (Å²) in [5.41, 5.74) is -1.85. The second-order valence-electron chi connectivity index (χ2n) is 10.3. The number of hydrogen-bond donors (Lipinski definition) is 4. The minimum absolute atomic E-state index is 0.0379. The van der Waals surface area contributed by atoms with Gasteiger partial charge in [0.05, 0.1) is 17.9 Å². The first kappa shape index (κ1) is 29.8. The molecule has 5 aromatic rings. The van der Waals surface area contributed by atoms with Gasteiger partial charge >= 0.3 is 0 Å². The lowest BCUT2D eigenvalue weighted by Gasteiger charge is -2.37. The second-order valence-corrected chi connectivity index (χ2v) is 11.1. The zero-order valence-electron chi connectivity index (χ0n) is 23.3. The van der Waals surface area contributed by atoms with E-state index in [0.717, 1.165) is 21.3 Å². The van der Waals surface area contributed by atoms with Gasteiger partial charge in [-0.15, -0.1) is 6.42 Å². The molecule has 0 bridgehead atoms. The summed E-state index contributed by atoms with van der Waals surface area (Å²) in [5.74, 6) is 0.116. The van der Waals surface area contributed by atoms with Gasteiger partial charge in [-0.1, -0.05) is 101 Å². The number of nitrogens with zero attached hydrogens (tertiary/aromatic N) is 3. The summed E-state index contributed by atoms with van der Waals surface area (Å²) in [6.45, 7) is 0. The molecule has 3 heterocycles. The van der Waals surface area contributed by atoms with Crippen molar-refractivity contribution < 1.29 is 24.1 Å². The number of aliphatic hydroxyl groups is 2. The summed E-state index contributed by atoms with van der Waals surface area (Å²) in [4.78, 5) is 25.0. The quantitative estimate of drug-likeness (QED) is 0.0827. The number of hydrogen-bond acceptors (Lipinski definition) is 8. The Morgan fingerprint density at radius 3 is 2.25 bits per heavy atom. The average molecular weight is 708 g/mol. The van der Waals surface area contributed by atoms with Crippen LogP contribution in [0, 0.1) is 12.3 Å². The van der Waals surface area contributed by atoms with Crippen molar-refractivity contribution in [2.75, 3.05) is 16.9 Å². The molecule has 10 nitrogen and oxygen atoms in total. The number of alkyl halides is 2. The van der Waals surface area contributed by atoms with E-state index in [0.29, 0.717) is 5.75 Å². The predicted octanol–water partition coefficient (Wildman–Crippen LogP) is 3.89. The van der Waals surface area contributed by atoms with Crippen molar-refractivity contribution in [2.24, 2.45) is 0 Å². The Morgan fingerprint density at radius 2 is 1.70 bits per heavy atom. The first-order chi connectivity index (χ1) is 21.2. The van der Waals surface area contributed by atoms with Crippen LogP contribution in [0.15, 0.2) is 96.1 Å². The smallest absolute Gasteiger partial charge is 0.280 e. The van der Waals surface area contributed by atoms with Crippen molar-refractivity contribution in [1.82, 2.24) is 19.5 Å². The molecule has 0 aliphatic carbocycles. The summed E-state index contributed by atoms with van der Waals surface area (Å²) < 4.78 is 27.2. The van der Waals surface area contributed by atoms with Gasteiger partial charge < -0.3 is 25.0 Å². The number of methoxy groups -OCH3 is 1. The maximum atomic E-state index is 15.5. The number of aromatic amines is 1. The highest BCUT2D eigenvalue weighted by atomic mass is 127. The molecule has 0 unspecified atom stereocenters. The van der Waals surface area contributed by atoms with Gasteiger partial charge in [0.25, 0.3) is 5.56 Å². The van der Waals surface area contributed by atoms with E-state index in [9.17, 15) is 15.0 Å². The number of terminal acetylenes is 1. The number of aromatic nitrogens is 4. The van der Waals surface area contributed by atoms with E-state index < -0.39 is 34.9 Å². The molecular formula is C32H27FIN5O5. The number of halogens is 2. The van der Waals surface area contributed by atoms with Crippen LogP contribution in [0.25, 0.3) is 11.2 Å². The molecule has 0 saturated carbocycles. The van der Waals surface area contributed by atoms with E-state index in [1.54, 1.807) is 29.7 Å². The van der Waals surface area contributed by atoms with E-state index in [1.165, 1.54) is 6.33 Å².